The van der Waals surface area contributed by atoms with Gasteiger partial charge in [-0.1, -0.05) is 220 Å². The van der Waals surface area contributed by atoms with E-state index in [1.165, 1.54) is 70.6 Å². The zero-order valence-electron chi connectivity index (χ0n) is 42.8. The van der Waals surface area contributed by atoms with Crippen molar-refractivity contribution in [2.24, 2.45) is 0 Å². The summed E-state index contributed by atoms with van der Waals surface area (Å²) >= 11 is 0. The number of carbonyl (C=O) groups is 1. The lowest BCUT2D eigenvalue weighted by Gasteiger charge is -2.40. The summed E-state index contributed by atoms with van der Waals surface area (Å²) < 4.78 is 11.2. The van der Waals surface area contributed by atoms with Crippen molar-refractivity contribution < 1.29 is 39.8 Å². The van der Waals surface area contributed by atoms with Crippen molar-refractivity contribution in [3.63, 3.8) is 0 Å². The van der Waals surface area contributed by atoms with Gasteiger partial charge in [-0.05, 0) is 83.5 Å². The lowest BCUT2D eigenvalue weighted by molar-refractivity contribution is -0.302. The molecule has 1 fully saturated rings. The molecule has 0 aromatic carbocycles. The van der Waals surface area contributed by atoms with Crippen molar-refractivity contribution in [3.8, 4) is 0 Å². The molecule has 0 saturated carbocycles. The van der Waals surface area contributed by atoms with E-state index in [2.05, 4.69) is 129 Å². The molecular formula is C59H99NO8. The summed E-state index contributed by atoms with van der Waals surface area (Å²) in [5.74, 6) is -0.159. The highest BCUT2D eigenvalue weighted by molar-refractivity contribution is 5.76. The Labute approximate surface area is 415 Å². The fourth-order valence-corrected chi connectivity index (χ4v) is 7.86. The van der Waals surface area contributed by atoms with Crippen LogP contribution in [-0.4, -0.2) is 87.5 Å². The minimum absolute atomic E-state index is 0.147. The third kappa shape index (κ3) is 36.8. The molecule has 7 atom stereocenters. The Hall–Kier alpha value is -3.15. The predicted octanol–water partition coefficient (Wildman–Crippen LogP) is 13.0. The number of rotatable bonds is 44. The van der Waals surface area contributed by atoms with Gasteiger partial charge < -0.3 is 40.3 Å². The van der Waals surface area contributed by atoms with E-state index in [1.807, 2.05) is 0 Å². The number of ether oxygens (including phenoxy) is 2. The summed E-state index contributed by atoms with van der Waals surface area (Å²) in [6.07, 6.45) is 62.8. The van der Waals surface area contributed by atoms with E-state index in [0.29, 0.717) is 12.8 Å². The normalized spacial score (nSPS) is 20.5. The SMILES string of the molecule is CC/C=C\C/C=C\C/C=C\C/C=C\C/C=C\C/C=C\C/C=C\C/C=C\C/C=C\CCCCCCCCCCCC(=O)NC(COC1OC(CO)C(O)C(O)C1O)C(O)CCCCCCCCCC. The summed E-state index contributed by atoms with van der Waals surface area (Å²) in [7, 11) is 0. The van der Waals surface area contributed by atoms with E-state index in [4.69, 9.17) is 9.47 Å². The Morgan fingerprint density at radius 3 is 1.35 bits per heavy atom. The largest absolute Gasteiger partial charge is 0.394 e. The first-order valence-electron chi connectivity index (χ1n) is 27.1. The lowest BCUT2D eigenvalue weighted by Crippen LogP contribution is -2.60. The minimum Gasteiger partial charge on any atom is -0.394 e. The van der Waals surface area contributed by atoms with E-state index < -0.39 is 49.5 Å². The zero-order valence-corrected chi connectivity index (χ0v) is 42.8. The van der Waals surface area contributed by atoms with Crippen LogP contribution in [0.2, 0.25) is 0 Å². The minimum atomic E-state index is -1.56. The Balaban J connectivity index is 2.11. The molecule has 68 heavy (non-hydrogen) atoms. The van der Waals surface area contributed by atoms with Crippen LogP contribution in [0, 0.1) is 0 Å². The molecule has 0 aliphatic carbocycles. The average Bonchev–Trinajstić information content (AvgIpc) is 3.34. The average molecular weight is 950 g/mol. The number of hydrogen-bond donors (Lipinski definition) is 6. The molecule has 6 N–H and O–H groups in total. The second kappa shape index (κ2) is 47.5. The summed E-state index contributed by atoms with van der Waals surface area (Å²) in [5.41, 5.74) is 0. The third-order valence-corrected chi connectivity index (χ3v) is 12.1. The van der Waals surface area contributed by atoms with Crippen molar-refractivity contribution in [2.45, 2.75) is 243 Å². The number of unbranched alkanes of at least 4 members (excludes halogenated alkanes) is 16. The maximum atomic E-state index is 13.0. The van der Waals surface area contributed by atoms with Crippen LogP contribution < -0.4 is 5.32 Å². The first-order valence-corrected chi connectivity index (χ1v) is 27.1. The molecule has 388 valence electrons. The monoisotopic (exact) mass is 950 g/mol. The Morgan fingerprint density at radius 1 is 0.515 bits per heavy atom. The van der Waals surface area contributed by atoms with E-state index >= 15 is 0 Å². The lowest BCUT2D eigenvalue weighted by atomic mass is 9.99. The molecule has 1 rings (SSSR count). The van der Waals surface area contributed by atoms with Crippen molar-refractivity contribution in [2.75, 3.05) is 13.2 Å². The maximum Gasteiger partial charge on any atom is 0.220 e. The molecule has 1 aliphatic rings. The first kappa shape index (κ1) is 62.9. The van der Waals surface area contributed by atoms with Gasteiger partial charge in [-0.15, -0.1) is 0 Å². The molecule has 0 radical (unpaired) electrons. The number of hydrogen-bond acceptors (Lipinski definition) is 8. The molecule has 1 amide bonds. The number of nitrogens with one attached hydrogen (secondary N) is 1. The quantitative estimate of drug-likeness (QED) is 0.0261. The topological polar surface area (TPSA) is 149 Å². The number of aliphatic hydroxyl groups excluding tert-OH is 5. The molecule has 1 saturated heterocycles. The second-order valence-corrected chi connectivity index (χ2v) is 18.3. The predicted molar refractivity (Wildman–Crippen MR) is 285 cm³/mol. The summed E-state index contributed by atoms with van der Waals surface area (Å²) in [6.45, 7) is 3.66. The van der Waals surface area contributed by atoms with Gasteiger partial charge in [0.15, 0.2) is 6.29 Å². The van der Waals surface area contributed by atoms with Gasteiger partial charge in [0.25, 0.3) is 0 Å². The van der Waals surface area contributed by atoms with Crippen LogP contribution in [0.4, 0.5) is 0 Å². The van der Waals surface area contributed by atoms with E-state index in [0.717, 1.165) is 103 Å². The van der Waals surface area contributed by atoms with Crippen LogP contribution in [-0.2, 0) is 14.3 Å². The Bertz CT molecular complexity index is 1430. The van der Waals surface area contributed by atoms with Crippen LogP contribution in [0.25, 0.3) is 0 Å². The summed E-state index contributed by atoms with van der Waals surface area (Å²) in [6, 6.07) is -0.726. The molecular weight excluding hydrogens is 851 g/mol. The standard InChI is InChI=1S/C59H99NO8/c1-3-5-7-9-11-13-14-15-16-17-18-19-20-21-22-23-24-25-26-27-28-29-30-31-32-33-34-35-36-37-38-39-40-41-43-45-47-49-55(63)60-52(53(62)48-46-44-42-12-10-8-6-4-2)51-67-59-58(66)57(65)56(64)54(50-61)68-59/h5,7,11,13,15-16,18-19,21-22,24-25,27-28,30-31,33-34,52-54,56-59,61-62,64-66H,3-4,6,8-10,12,14,17,20,23,26,29,32,35-51H2,1-2H3,(H,60,63)/b7-5-,13-11-,16-15-,19-18-,22-21-,25-24-,28-27-,31-30-,34-33-. The molecule has 0 bridgehead atoms. The second-order valence-electron chi connectivity index (χ2n) is 18.3. The maximum absolute atomic E-state index is 13.0. The molecule has 9 nitrogen and oxygen atoms in total. The van der Waals surface area contributed by atoms with Gasteiger partial charge in [-0.3, -0.25) is 4.79 Å². The van der Waals surface area contributed by atoms with Gasteiger partial charge in [0, 0.05) is 6.42 Å². The van der Waals surface area contributed by atoms with Crippen molar-refractivity contribution in [3.05, 3.63) is 109 Å². The highest BCUT2D eigenvalue weighted by Crippen LogP contribution is 2.23. The van der Waals surface area contributed by atoms with Crippen LogP contribution in [0.15, 0.2) is 109 Å². The zero-order chi connectivity index (χ0) is 49.4. The van der Waals surface area contributed by atoms with Crippen molar-refractivity contribution in [1.29, 1.82) is 0 Å². The van der Waals surface area contributed by atoms with Crippen molar-refractivity contribution >= 4 is 5.91 Å². The number of allylic oxidation sites excluding steroid dienone is 18. The van der Waals surface area contributed by atoms with Crippen LogP contribution in [0.3, 0.4) is 0 Å². The highest BCUT2D eigenvalue weighted by atomic mass is 16.7. The Kier molecular flexibility index (Phi) is 43.9. The van der Waals surface area contributed by atoms with Crippen molar-refractivity contribution in [1.82, 2.24) is 5.32 Å². The van der Waals surface area contributed by atoms with Gasteiger partial charge >= 0.3 is 0 Å². The van der Waals surface area contributed by atoms with Crippen LogP contribution in [0.1, 0.15) is 200 Å². The molecule has 9 heteroatoms. The van der Waals surface area contributed by atoms with Gasteiger partial charge in [-0.2, -0.15) is 0 Å². The van der Waals surface area contributed by atoms with Gasteiger partial charge in [0.2, 0.25) is 5.91 Å². The number of amides is 1. The highest BCUT2D eigenvalue weighted by Gasteiger charge is 2.44. The van der Waals surface area contributed by atoms with E-state index in [9.17, 15) is 30.3 Å². The van der Waals surface area contributed by atoms with E-state index in [-0.39, 0.29) is 12.5 Å². The number of aliphatic hydroxyl groups is 5. The van der Waals surface area contributed by atoms with Gasteiger partial charge in [0.1, 0.15) is 24.4 Å². The third-order valence-electron chi connectivity index (χ3n) is 12.1. The molecule has 1 heterocycles. The molecule has 7 unspecified atom stereocenters. The van der Waals surface area contributed by atoms with Gasteiger partial charge in [-0.25, -0.2) is 0 Å². The van der Waals surface area contributed by atoms with Crippen LogP contribution >= 0.6 is 0 Å². The van der Waals surface area contributed by atoms with Crippen LogP contribution in [0.5, 0.6) is 0 Å². The summed E-state index contributed by atoms with van der Waals surface area (Å²) in [4.78, 5) is 13.0. The smallest absolute Gasteiger partial charge is 0.220 e. The van der Waals surface area contributed by atoms with E-state index in [1.54, 1.807) is 0 Å². The fraction of sp³-hybridized carbons (Fsp3) is 0.678. The fourth-order valence-electron chi connectivity index (χ4n) is 7.86. The first-order chi connectivity index (χ1) is 33.3. The Morgan fingerprint density at radius 2 is 0.912 bits per heavy atom. The van der Waals surface area contributed by atoms with Gasteiger partial charge in [0.05, 0.1) is 25.4 Å². The molecule has 0 aromatic heterocycles. The number of carbonyl (C=O) groups excluding carboxylic acids is 1. The molecule has 1 aliphatic heterocycles. The summed E-state index contributed by atoms with van der Waals surface area (Å²) in [5, 5.41) is 54.2. The molecule has 0 spiro atoms. The molecule has 0 aromatic rings.